The van der Waals surface area contributed by atoms with Gasteiger partial charge in [0.05, 0.1) is 11.3 Å². The van der Waals surface area contributed by atoms with Gasteiger partial charge in [-0.1, -0.05) is 48.5 Å². The average molecular weight is 419 g/mol. The van der Waals surface area contributed by atoms with E-state index in [1.54, 1.807) is 12.1 Å². The number of para-hydroxylation sites is 2. The molecule has 5 nitrogen and oxygen atoms in total. The maximum absolute atomic E-state index is 13.0. The normalized spacial score (nSPS) is 10.8. The number of aromatic nitrogens is 2. The van der Waals surface area contributed by atoms with Crippen molar-refractivity contribution in [1.82, 2.24) is 9.38 Å². The van der Waals surface area contributed by atoms with Gasteiger partial charge in [-0.3, -0.25) is 4.79 Å². The molecule has 1 amide bonds. The molecule has 0 saturated carbocycles. The number of nitrogens with zero attached hydrogens (tertiary/aromatic N) is 2. The van der Waals surface area contributed by atoms with E-state index in [-0.39, 0.29) is 5.91 Å². The highest BCUT2D eigenvalue weighted by atomic mass is 16.5. The number of nitrogens with one attached hydrogen (secondary N) is 1. The lowest BCUT2D eigenvalue weighted by molar-refractivity contribution is 0.102. The molecule has 0 aliphatic rings. The number of pyridine rings is 1. The van der Waals surface area contributed by atoms with Gasteiger partial charge in [-0.25, -0.2) is 4.98 Å². The molecule has 5 rings (SSSR count). The molecule has 0 unspecified atom stereocenters. The van der Waals surface area contributed by atoms with Crippen LogP contribution in [0.5, 0.6) is 11.5 Å². The third-order valence-corrected chi connectivity index (χ3v) is 5.20. The second-order valence-corrected chi connectivity index (χ2v) is 7.49. The highest BCUT2D eigenvalue weighted by molar-refractivity contribution is 6.06. The second kappa shape index (κ2) is 8.40. The summed E-state index contributed by atoms with van der Waals surface area (Å²) < 4.78 is 7.94. The maximum Gasteiger partial charge on any atom is 0.259 e. The van der Waals surface area contributed by atoms with E-state index in [1.165, 1.54) is 0 Å². The Morgan fingerprint density at radius 2 is 1.72 bits per heavy atom. The van der Waals surface area contributed by atoms with Crippen molar-refractivity contribution in [1.29, 1.82) is 0 Å². The molecule has 5 heteroatoms. The number of fused-ring (bicyclic) bond motifs is 1. The summed E-state index contributed by atoms with van der Waals surface area (Å²) in [6, 6.07) is 28.4. The predicted octanol–water partition coefficient (Wildman–Crippen LogP) is 6.35. The first-order valence-corrected chi connectivity index (χ1v) is 10.4. The number of amides is 1. The molecule has 5 aromatic rings. The van der Waals surface area contributed by atoms with E-state index >= 15 is 0 Å². The Labute approximate surface area is 185 Å². The molecule has 32 heavy (non-hydrogen) atoms. The molecule has 156 valence electrons. The zero-order valence-corrected chi connectivity index (χ0v) is 17.5. The molecule has 0 aliphatic carbocycles. The van der Waals surface area contributed by atoms with Crippen LogP contribution in [-0.2, 0) is 0 Å². The molecule has 0 radical (unpaired) electrons. The SMILES string of the molecule is Cc1cccn2cc(-c3cccc(NC(=O)c4ccccc4Oc4ccccc4)c3)nc12. The number of imidazole rings is 1. The van der Waals surface area contributed by atoms with Crippen LogP contribution >= 0.6 is 0 Å². The molecular weight excluding hydrogens is 398 g/mol. The minimum absolute atomic E-state index is 0.237. The maximum atomic E-state index is 13.0. The van der Waals surface area contributed by atoms with Crippen molar-refractivity contribution in [3.05, 3.63) is 115 Å². The van der Waals surface area contributed by atoms with Crippen LogP contribution < -0.4 is 10.1 Å². The molecular formula is C27H21N3O2. The van der Waals surface area contributed by atoms with E-state index in [2.05, 4.69) is 5.32 Å². The van der Waals surface area contributed by atoms with E-state index in [0.29, 0.717) is 22.7 Å². The first-order valence-electron chi connectivity index (χ1n) is 10.4. The minimum Gasteiger partial charge on any atom is -0.457 e. The van der Waals surface area contributed by atoms with Crippen LogP contribution in [0.2, 0.25) is 0 Å². The third-order valence-electron chi connectivity index (χ3n) is 5.20. The topological polar surface area (TPSA) is 55.6 Å². The lowest BCUT2D eigenvalue weighted by Crippen LogP contribution is -2.13. The van der Waals surface area contributed by atoms with Gasteiger partial charge in [0.2, 0.25) is 0 Å². The van der Waals surface area contributed by atoms with Crippen LogP contribution in [0.1, 0.15) is 15.9 Å². The Morgan fingerprint density at radius 3 is 2.56 bits per heavy atom. The van der Waals surface area contributed by atoms with Gasteiger partial charge in [0.15, 0.2) is 0 Å². The minimum atomic E-state index is -0.237. The summed E-state index contributed by atoms with van der Waals surface area (Å²) in [5.41, 5.74) is 4.96. The Bertz CT molecular complexity index is 1410. The molecule has 3 aromatic carbocycles. The van der Waals surface area contributed by atoms with Gasteiger partial charge >= 0.3 is 0 Å². The van der Waals surface area contributed by atoms with Crippen molar-refractivity contribution >= 4 is 17.2 Å². The summed E-state index contributed by atoms with van der Waals surface area (Å²) in [7, 11) is 0. The van der Waals surface area contributed by atoms with E-state index in [0.717, 1.165) is 22.5 Å². The molecule has 0 aliphatic heterocycles. The number of ether oxygens (including phenoxy) is 1. The van der Waals surface area contributed by atoms with Crippen molar-refractivity contribution in [3.63, 3.8) is 0 Å². The van der Waals surface area contributed by atoms with Crippen LogP contribution in [0.25, 0.3) is 16.9 Å². The summed E-state index contributed by atoms with van der Waals surface area (Å²) in [6.45, 7) is 2.04. The number of anilines is 1. The van der Waals surface area contributed by atoms with E-state index in [4.69, 9.17) is 9.72 Å². The monoisotopic (exact) mass is 419 g/mol. The average Bonchev–Trinajstić information content (AvgIpc) is 3.26. The molecule has 0 atom stereocenters. The van der Waals surface area contributed by atoms with Crippen molar-refractivity contribution in [2.24, 2.45) is 0 Å². The van der Waals surface area contributed by atoms with Crippen molar-refractivity contribution in [2.45, 2.75) is 6.92 Å². The van der Waals surface area contributed by atoms with Gasteiger partial charge < -0.3 is 14.5 Å². The van der Waals surface area contributed by atoms with Crippen LogP contribution in [-0.4, -0.2) is 15.3 Å². The molecule has 0 spiro atoms. The van der Waals surface area contributed by atoms with Crippen LogP contribution in [0.3, 0.4) is 0 Å². The number of carbonyl (C=O) groups excluding carboxylic acids is 1. The first-order chi connectivity index (χ1) is 15.7. The molecule has 0 bridgehead atoms. The van der Waals surface area contributed by atoms with Gasteiger partial charge in [0.1, 0.15) is 17.1 Å². The zero-order chi connectivity index (χ0) is 21.9. The van der Waals surface area contributed by atoms with E-state index < -0.39 is 0 Å². The zero-order valence-electron chi connectivity index (χ0n) is 17.5. The largest absolute Gasteiger partial charge is 0.457 e. The van der Waals surface area contributed by atoms with Gasteiger partial charge in [0, 0.05) is 23.6 Å². The Hall–Kier alpha value is -4.38. The Balaban J connectivity index is 1.40. The smallest absolute Gasteiger partial charge is 0.259 e. The lowest BCUT2D eigenvalue weighted by Gasteiger charge is -2.12. The van der Waals surface area contributed by atoms with Crippen molar-refractivity contribution in [3.8, 4) is 22.8 Å². The number of hydrogen-bond acceptors (Lipinski definition) is 3. The van der Waals surface area contributed by atoms with Crippen molar-refractivity contribution < 1.29 is 9.53 Å². The molecule has 1 N–H and O–H groups in total. The highest BCUT2D eigenvalue weighted by Gasteiger charge is 2.14. The fraction of sp³-hybridized carbons (Fsp3) is 0.0370. The fourth-order valence-electron chi connectivity index (χ4n) is 3.61. The van der Waals surface area contributed by atoms with Crippen molar-refractivity contribution in [2.75, 3.05) is 5.32 Å². The van der Waals surface area contributed by atoms with Crippen LogP contribution in [0, 0.1) is 6.92 Å². The lowest BCUT2D eigenvalue weighted by atomic mass is 10.1. The molecule has 2 heterocycles. The van der Waals surface area contributed by atoms with Gasteiger partial charge in [-0.2, -0.15) is 0 Å². The number of aryl methyl sites for hydroxylation is 1. The summed E-state index contributed by atoms with van der Waals surface area (Å²) in [5, 5.41) is 2.99. The quantitative estimate of drug-likeness (QED) is 0.361. The molecule has 0 saturated heterocycles. The molecule has 2 aromatic heterocycles. The Morgan fingerprint density at radius 1 is 0.906 bits per heavy atom. The van der Waals surface area contributed by atoms with E-state index in [9.17, 15) is 4.79 Å². The van der Waals surface area contributed by atoms with Crippen LogP contribution in [0.15, 0.2) is 103 Å². The van der Waals surface area contributed by atoms with Crippen LogP contribution in [0.4, 0.5) is 5.69 Å². The van der Waals surface area contributed by atoms with Gasteiger partial charge in [-0.05, 0) is 55.0 Å². The van der Waals surface area contributed by atoms with E-state index in [1.807, 2.05) is 103 Å². The molecule has 0 fully saturated rings. The third kappa shape index (κ3) is 3.96. The summed E-state index contributed by atoms with van der Waals surface area (Å²) in [4.78, 5) is 17.8. The standard InChI is InChI=1S/C27H21N3O2/c1-19-9-8-16-30-18-24(29-26(19)30)20-10-7-11-21(17-20)28-27(31)23-14-5-6-15-25(23)32-22-12-3-2-4-13-22/h2-18H,1H3,(H,28,31). The summed E-state index contributed by atoms with van der Waals surface area (Å²) in [6.07, 6.45) is 3.97. The number of rotatable bonds is 5. The fourth-order valence-corrected chi connectivity index (χ4v) is 3.61. The number of hydrogen-bond donors (Lipinski definition) is 1. The number of carbonyl (C=O) groups is 1. The number of benzene rings is 3. The summed E-state index contributed by atoms with van der Waals surface area (Å²) in [5.74, 6) is 0.944. The predicted molar refractivity (Wildman–Crippen MR) is 126 cm³/mol. The Kier molecular flexibility index (Phi) is 5.14. The first kappa shape index (κ1) is 19.6. The van der Waals surface area contributed by atoms with Gasteiger partial charge in [-0.15, -0.1) is 0 Å². The second-order valence-electron chi connectivity index (χ2n) is 7.49. The van der Waals surface area contributed by atoms with Gasteiger partial charge in [0.25, 0.3) is 5.91 Å². The highest BCUT2D eigenvalue weighted by Crippen LogP contribution is 2.27. The summed E-state index contributed by atoms with van der Waals surface area (Å²) >= 11 is 0.